The third kappa shape index (κ3) is 4.56. The van der Waals surface area contributed by atoms with Crippen molar-refractivity contribution in [3.8, 4) is 11.8 Å². The van der Waals surface area contributed by atoms with Crippen molar-refractivity contribution >= 4 is 74.8 Å². The van der Waals surface area contributed by atoms with Gasteiger partial charge >= 0.3 is 6.03 Å². The lowest BCUT2D eigenvalue weighted by Crippen LogP contribution is -2.54. The van der Waals surface area contributed by atoms with Gasteiger partial charge in [-0.1, -0.05) is 0 Å². The van der Waals surface area contributed by atoms with Crippen LogP contribution in [0.15, 0.2) is 42.0 Å². The maximum Gasteiger partial charge on any atom is 0.335 e. The molecule has 0 saturated carbocycles. The molecule has 0 atom stereocenters. The van der Waals surface area contributed by atoms with Gasteiger partial charge in [-0.05, 0) is 93.2 Å². The van der Waals surface area contributed by atoms with Crippen molar-refractivity contribution in [3.63, 3.8) is 0 Å². The fraction of sp³-hybridized carbons (Fsp3) is 0.0526. The molecule has 0 aliphatic carbocycles. The second-order valence-corrected chi connectivity index (χ2v) is 8.02. The average Bonchev–Trinajstić information content (AvgIpc) is 2.66. The van der Waals surface area contributed by atoms with Crippen LogP contribution in [-0.2, 0) is 9.59 Å². The quantitative estimate of drug-likeness (QED) is 0.322. The van der Waals surface area contributed by atoms with E-state index >= 15 is 0 Å². The van der Waals surface area contributed by atoms with E-state index in [1.807, 2.05) is 51.3 Å². The van der Waals surface area contributed by atoms with Crippen LogP contribution in [0.5, 0.6) is 5.75 Å². The van der Waals surface area contributed by atoms with Crippen molar-refractivity contribution < 1.29 is 23.5 Å². The van der Waals surface area contributed by atoms with Crippen molar-refractivity contribution in [2.45, 2.75) is 0 Å². The zero-order chi connectivity index (χ0) is 21.1. The Morgan fingerprint density at radius 3 is 2.34 bits per heavy atom. The number of nitrogens with one attached hydrogen (secondary N) is 1. The van der Waals surface area contributed by atoms with E-state index in [4.69, 9.17) is 10.00 Å². The normalized spacial score (nSPS) is 15.3. The lowest BCUT2D eigenvalue weighted by atomic mass is 10.1. The molecule has 0 spiro atoms. The highest BCUT2D eigenvalue weighted by atomic mass is 127. The van der Waals surface area contributed by atoms with Gasteiger partial charge in [0.1, 0.15) is 23.2 Å². The molecule has 29 heavy (non-hydrogen) atoms. The number of amides is 4. The Bertz CT molecular complexity index is 1070. The summed E-state index contributed by atoms with van der Waals surface area (Å²) in [5.41, 5.74) is 0.429. The Labute approximate surface area is 191 Å². The third-order valence-electron chi connectivity index (χ3n) is 3.80. The highest BCUT2D eigenvalue weighted by Crippen LogP contribution is 2.30. The van der Waals surface area contributed by atoms with Crippen LogP contribution < -0.4 is 15.0 Å². The number of imide groups is 2. The number of carbonyl (C=O) groups is 3. The monoisotopic (exact) mass is 617 g/mol. The minimum atomic E-state index is -0.909. The van der Waals surface area contributed by atoms with Crippen LogP contribution in [0.4, 0.5) is 14.9 Å². The summed E-state index contributed by atoms with van der Waals surface area (Å²) in [6.45, 7) is -0.109. The molecule has 1 fully saturated rings. The molecule has 0 bridgehead atoms. The molecule has 1 saturated heterocycles. The van der Waals surface area contributed by atoms with E-state index < -0.39 is 23.7 Å². The van der Waals surface area contributed by atoms with E-state index in [0.29, 0.717) is 18.5 Å². The van der Waals surface area contributed by atoms with Gasteiger partial charge in [0.2, 0.25) is 0 Å². The van der Waals surface area contributed by atoms with E-state index in [1.165, 1.54) is 18.2 Å². The Kier molecular flexibility index (Phi) is 6.48. The zero-order valence-corrected chi connectivity index (χ0v) is 18.7. The van der Waals surface area contributed by atoms with Gasteiger partial charge in [-0.2, -0.15) is 5.26 Å². The summed E-state index contributed by atoms with van der Waals surface area (Å²) < 4.78 is 19.9. The molecule has 3 rings (SSSR count). The standard InChI is InChI=1S/C19H10FI2N3O4/c20-11-1-3-12(4-2-11)25-18(27)13(17(26)24-19(25)28)7-10-8-14(21)16(15(22)9-10)29-6-5-23/h1-4,7-9H,6H2,(H,24,26,28)/b13-7+. The molecule has 146 valence electrons. The summed E-state index contributed by atoms with van der Waals surface area (Å²) in [4.78, 5) is 38.0. The third-order valence-corrected chi connectivity index (χ3v) is 5.40. The maximum absolute atomic E-state index is 13.2. The number of rotatable bonds is 4. The van der Waals surface area contributed by atoms with E-state index in [9.17, 15) is 18.8 Å². The number of nitriles is 1. The molecule has 10 heteroatoms. The number of hydrogen-bond acceptors (Lipinski definition) is 5. The van der Waals surface area contributed by atoms with Crippen LogP contribution in [0.3, 0.4) is 0 Å². The zero-order valence-electron chi connectivity index (χ0n) is 14.4. The van der Waals surface area contributed by atoms with Crippen molar-refractivity contribution in [2.24, 2.45) is 0 Å². The number of benzene rings is 2. The van der Waals surface area contributed by atoms with Crippen LogP contribution in [0.2, 0.25) is 0 Å². The van der Waals surface area contributed by atoms with Gasteiger partial charge < -0.3 is 4.74 Å². The number of carbonyl (C=O) groups excluding carboxylic acids is 3. The molecule has 0 radical (unpaired) electrons. The summed E-state index contributed by atoms with van der Waals surface area (Å²) in [7, 11) is 0. The molecule has 0 unspecified atom stereocenters. The molecule has 4 amide bonds. The van der Waals surface area contributed by atoms with E-state index in [0.717, 1.165) is 17.0 Å². The predicted molar refractivity (Wildman–Crippen MR) is 118 cm³/mol. The van der Waals surface area contributed by atoms with Gasteiger partial charge in [-0.25, -0.2) is 14.1 Å². The van der Waals surface area contributed by atoms with E-state index in [-0.39, 0.29) is 17.9 Å². The van der Waals surface area contributed by atoms with Gasteiger partial charge in [-0.15, -0.1) is 0 Å². The molecule has 1 aliphatic rings. The molecule has 0 aromatic heterocycles. The van der Waals surface area contributed by atoms with Crippen molar-refractivity contribution in [3.05, 3.63) is 60.5 Å². The van der Waals surface area contributed by atoms with Crippen LogP contribution in [-0.4, -0.2) is 24.5 Å². The summed E-state index contributed by atoms with van der Waals surface area (Å²) in [6, 6.07) is 9.11. The highest BCUT2D eigenvalue weighted by Gasteiger charge is 2.36. The summed E-state index contributed by atoms with van der Waals surface area (Å²) in [6.07, 6.45) is 1.36. The average molecular weight is 617 g/mol. The minimum Gasteiger partial charge on any atom is -0.477 e. The number of anilines is 1. The first-order chi connectivity index (χ1) is 13.8. The van der Waals surface area contributed by atoms with Gasteiger partial charge in [0.15, 0.2) is 6.61 Å². The lowest BCUT2D eigenvalue weighted by Gasteiger charge is -2.26. The summed E-state index contributed by atoms with van der Waals surface area (Å²) >= 11 is 4.04. The second kappa shape index (κ2) is 8.87. The number of halogens is 3. The molecule has 1 N–H and O–H groups in total. The first kappa shape index (κ1) is 21.2. The largest absolute Gasteiger partial charge is 0.477 e. The van der Waals surface area contributed by atoms with Crippen LogP contribution >= 0.6 is 45.2 Å². The molecule has 1 aliphatic heterocycles. The topological polar surface area (TPSA) is 99.5 Å². The van der Waals surface area contributed by atoms with Gasteiger partial charge in [0.05, 0.1) is 12.8 Å². The Balaban J connectivity index is 1.98. The van der Waals surface area contributed by atoms with Crippen LogP contribution in [0.1, 0.15) is 5.56 Å². The lowest BCUT2D eigenvalue weighted by molar-refractivity contribution is -0.122. The molecule has 1 heterocycles. The number of barbiturate groups is 1. The van der Waals surface area contributed by atoms with Crippen molar-refractivity contribution in [2.75, 3.05) is 11.5 Å². The Hall–Kier alpha value is -2.53. The molecule has 2 aromatic carbocycles. The Morgan fingerprint density at radius 1 is 1.14 bits per heavy atom. The van der Waals surface area contributed by atoms with Crippen LogP contribution in [0, 0.1) is 24.3 Å². The summed E-state index contributed by atoms with van der Waals surface area (Å²) in [5.74, 6) is -1.64. The summed E-state index contributed by atoms with van der Waals surface area (Å²) in [5, 5.41) is 10.8. The van der Waals surface area contributed by atoms with E-state index in [1.54, 1.807) is 12.1 Å². The predicted octanol–water partition coefficient (Wildman–Crippen LogP) is 3.60. The number of urea groups is 1. The number of nitrogens with zero attached hydrogens (tertiary/aromatic N) is 2. The smallest absolute Gasteiger partial charge is 0.335 e. The maximum atomic E-state index is 13.2. The fourth-order valence-electron chi connectivity index (χ4n) is 2.55. The molecule has 2 aromatic rings. The minimum absolute atomic E-state index is 0.109. The molecule has 7 nitrogen and oxygen atoms in total. The van der Waals surface area contributed by atoms with Gasteiger partial charge in [0.25, 0.3) is 11.8 Å². The fourth-order valence-corrected chi connectivity index (χ4v) is 4.68. The highest BCUT2D eigenvalue weighted by molar-refractivity contribution is 14.1. The molecular formula is C19H10FI2N3O4. The number of ether oxygens (including phenoxy) is 1. The number of hydrogen-bond donors (Lipinski definition) is 1. The first-order valence-electron chi connectivity index (χ1n) is 7.97. The second-order valence-electron chi connectivity index (χ2n) is 5.69. The van der Waals surface area contributed by atoms with Crippen molar-refractivity contribution in [1.82, 2.24) is 5.32 Å². The SMILES string of the molecule is N#CCOc1c(I)cc(/C=C2\C(=O)NC(=O)N(c3ccc(F)cc3)C2=O)cc1I. The van der Waals surface area contributed by atoms with E-state index in [2.05, 4.69) is 5.32 Å². The first-order valence-corrected chi connectivity index (χ1v) is 10.1. The van der Waals surface area contributed by atoms with Crippen LogP contribution in [0.25, 0.3) is 6.08 Å². The van der Waals surface area contributed by atoms with Crippen molar-refractivity contribution in [1.29, 1.82) is 5.26 Å². The van der Waals surface area contributed by atoms with Gasteiger partial charge in [0, 0.05) is 0 Å². The molecular weight excluding hydrogens is 607 g/mol. The van der Waals surface area contributed by atoms with Gasteiger partial charge in [-0.3, -0.25) is 14.9 Å². The Morgan fingerprint density at radius 2 is 1.76 bits per heavy atom.